The number of nitrogens with one attached hydrogen (secondary N) is 1. The summed E-state index contributed by atoms with van der Waals surface area (Å²) in [6.45, 7) is 4.84. The smallest absolute Gasteiger partial charge is 0.262 e. The Balaban J connectivity index is 1.65. The van der Waals surface area contributed by atoms with Crippen molar-refractivity contribution in [3.05, 3.63) is 40.4 Å². The summed E-state index contributed by atoms with van der Waals surface area (Å²) in [6, 6.07) is 7.57. The normalized spacial score (nSPS) is 18.2. The molecule has 4 rings (SSSR count). The monoisotopic (exact) mass is 368 g/mol. The van der Waals surface area contributed by atoms with Crippen molar-refractivity contribution >= 4 is 22.6 Å². The van der Waals surface area contributed by atoms with Crippen molar-refractivity contribution in [2.45, 2.75) is 26.3 Å². The van der Waals surface area contributed by atoms with E-state index in [1.807, 2.05) is 28.7 Å². The number of hydrogen-bond acceptors (Lipinski definition) is 5. The van der Waals surface area contributed by atoms with Gasteiger partial charge < -0.3 is 5.32 Å². The van der Waals surface area contributed by atoms with E-state index in [0.29, 0.717) is 30.2 Å². The van der Waals surface area contributed by atoms with E-state index in [1.54, 1.807) is 18.5 Å². The van der Waals surface area contributed by atoms with Crippen LogP contribution >= 0.6 is 0 Å². The minimum absolute atomic E-state index is 0.0166. The lowest BCUT2D eigenvalue weighted by atomic mass is 9.98. The van der Waals surface area contributed by atoms with Crippen LogP contribution in [0.2, 0.25) is 0 Å². The highest BCUT2D eigenvalue weighted by molar-refractivity contribution is 5.80. The fourth-order valence-corrected chi connectivity index (χ4v) is 3.94. The summed E-state index contributed by atoms with van der Waals surface area (Å²) >= 11 is 0. The maximum absolute atomic E-state index is 12.5. The Hall–Kier alpha value is -2.74. The van der Waals surface area contributed by atoms with E-state index in [4.69, 9.17) is 0 Å². The zero-order valence-corrected chi connectivity index (χ0v) is 15.7. The lowest BCUT2D eigenvalue weighted by Gasteiger charge is -2.32. The largest absolute Gasteiger partial charge is 0.356 e. The van der Waals surface area contributed by atoms with Gasteiger partial charge in [-0.05, 0) is 37.4 Å². The second kappa shape index (κ2) is 7.11. The van der Waals surface area contributed by atoms with Gasteiger partial charge in [-0.2, -0.15) is 0 Å². The number of aryl methyl sites for hydroxylation is 1. The predicted molar refractivity (Wildman–Crippen MR) is 102 cm³/mol. The molecule has 1 amide bonds. The molecule has 1 aromatic carbocycles. The molecule has 1 fully saturated rings. The molecule has 1 aliphatic rings. The van der Waals surface area contributed by atoms with Crippen LogP contribution in [0.15, 0.2) is 29.1 Å². The average molecular weight is 368 g/mol. The highest BCUT2D eigenvalue weighted by Crippen LogP contribution is 2.19. The van der Waals surface area contributed by atoms with Crippen LogP contribution in [0.5, 0.6) is 0 Å². The first kappa shape index (κ1) is 17.7. The van der Waals surface area contributed by atoms with Crippen LogP contribution in [0.3, 0.4) is 0 Å². The fraction of sp³-hybridized carbons (Fsp3) is 0.474. The first-order valence-corrected chi connectivity index (χ1v) is 9.33. The lowest BCUT2D eigenvalue weighted by Crippen LogP contribution is -2.40. The SMILES string of the molecule is CC(=O)NCC1CCCN(Cc2nnc3n(C)c(=O)c4ccccc4n23)C1. The highest BCUT2D eigenvalue weighted by Gasteiger charge is 2.22. The molecule has 1 atom stereocenters. The molecule has 3 aromatic rings. The number of benzene rings is 1. The summed E-state index contributed by atoms with van der Waals surface area (Å²) in [4.78, 5) is 26.1. The number of amides is 1. The van der Waals surface area contributed by atoms with E-state index in [9.17, 15) is 9.59 Å². The highest BCUT2D eigenvalue weighted by atomic mass is 16.1. The average Bonchev–Trinajstić information content (AvgIpc) is 3.08. The zero-order valence-electron chi connectivity index (χ0n) is 15.7. The van der Waals surface area contributed by atoms with Gasteiger partial charge in [-0.25, -0.2) is 0 Å². The van der Waals surface area contributed by atoms with Gasteiger partial charge in [-0.1, -0.05) is 12.1 Å². The van der Waals surface area contributed by atoms with Crippen LogP contribution in [0, 0.1) is 5.92 Å². The molecule has 1 aliphatic heterocycles. The Morgan fingerprint density at radius 2 is 2.11 bits per heavy atom. The Kier molecular flexibility index (Phi) is 4.65. The number of piperidine rings is 1. The van der Waals surface area contributed by atoms with Gasteiger partial charge in [0.1, 0.15) is 0 Å². The van der Waals surface area contributed by atoms with Crippen molar-refractivity contribution in [3.63, 3.8) is 0 Å². The summed E-state index contributed by atoms with van der Waals surface area (Å²) in [5.41, 5.74) is 0.771. The second-order valence-electron chi connectivity index (χ2n) is 7.31. The molecule has 0 radical (unpaired) electrons. The molecule has 1 saturated heterocycles. The fourth-order valence-electron chi connectivity index (χ4n) is 3.94. The maximum atomic E-state index is 12.5. The van der Waals surface area contributed by atoms with Crippen molar-refractivity contribution in [1.82, 2.24) is 29.4 Å². The molecule has 3 heterocycles. The van der Waals surface area contributed by atoms with Gasteiger partial charge in [-0.15, -0.1) is 10.2 Å². The van der Waals surface area contributed by atoms with Gasteiger partial charge >= 0.3 is 0 Å². The molecular weight excluding hydrogens is 344 g/mol. The Bertz CT molecular complexity index is 1050. The number of carbonyl (C=O) groups is 1. The van der Waals surface area contributed by atoms with Gasteiger partial charge in [0, 0.05) is 27.1 Å². The van der Waals surface area contributed by atoms with Crippen molar-refractivity contribution in [3.8, 4) is 0 Å². The summed E-state index contributed by atoms with van der Waals surface area (Å²) in [5, 5.41) is 12.2. The molecule has 2 aromatic heterocycles. The molecule has 1 unspecified atom stereocenters. The number of para-hydroxylation sites is 1. The van der Waals surface area contributed by atoms with Gasteiger partial charge in [0.2, 0.25) is 11.7 Å². The van der Waals surface area contributed by atoms with Crippen molar-refractivity contribution in [2.24, 2.45) is 13.0 Å². The summed E-state index contributed by atoms with van der Waals surface area (Å²) < 4.78 is 3.53. The number of aromatic nitrogens is 4. The molecule has 0 aliphatic carbocycles. The van der Waals surface area contributed by atoms with E-state index >= 15 is 0 Å². The molecular formula is C19H24N6O2. The van der Waals surface area contributed by atoms with Crippen LogP contribution < -0.4 is 10.9 Å². The number of nitrogens with zero attached hydrogens (tertiary/aromatic N) is 5. The summed E-state index contributed by atoms with van der Waals surface area (Å²) in [6.07, 6.45) is 2.22. The van der Waals surface area contributed by atoms with Gasteiger partial charge in [0.15, 0.2) is 5.82 Å². The zero-order chi connectivity index (χ0) is 19.0. The number of hydrogen-bond donors (Lipinski definition) is 1. The minimum atomic E-state index is -0.0645. The van der Waals surface area contributed by atoms with E-state index < -0.39 is 0 Å². The standard InChI is InChI=1S/C19H24N6O2/c1-13(26)20-10-14-6-5-9-24(11-14)12-17-21-22-19-23(2)18(27)15-7-3-4-8-16(15)25(17)19/h3-4,7-8,14H,5-6,9-12H2,1-2H3,(H,20,26). The van der Waals surface area contributed by atoms with Crippen LogP contribution in [0.1, 0.15) is 25.6 Å². The molecule has 142 valence electrons. The number of carbonyl (C=O) groups excluding carboxylic acids is 1. The minimum Gasteiger partial charge on any atom is -0.356 e. The van der Waals surface area contributed by atoms with Crippen LogP contribution in [0.4, 0.5) is 0 Å². The van der Waals surface area contributed by atoms with Crippen LogP contribution in [-0.2, 0) is 18.4 Å². The van der Waals surface area contributed by atoms with E-state index in [1.165, 1.54) is 0 Å². The molecule has 8 heteroatoms. The topological polar surface area (TPSA) is 84.5 Å². The van der Waals surface area contributed by atoms with E-state index in [2.05, 4.69) is 20.4 Å². The summed E-state index contributed by atoms with van der Waals surface area (Å²) in [7, 11) is 1.73. The predicted octanol–water partition coefficient (Wildman–Crippen LogP) is 0.929. The van der Waals surface area contributed by atoms with Crippen LogP contribution in [0.25, 0.3) is 16.7 Å². The van der Waals surface area contributed by atoms with E-state index in [-0.39, 0.29) is 11.5 Å². The third-order valence-electron chi connectivity index (χ3n) is 5.30. The second-order valence-corrected chi connectivity index (χ2v) is 7.31. The third kappa shape index (κ3) is 3.32. The van der Waals surface area contributed by atoms with Gasteiger partial charge in [-0.3, -0.25) is 23.5 Å². The molecule has 1 N–H and O–H groups in total. The summed E-state index contributed by atoms with van der Waals surface area (Å²) in [5.74, 6) is 1.85. The molecule has 0 bridgehead atoms. The number of rotatable bonds is 4. The quantitative estimate of drug-likeness (QED) is 0.741. The Labute approximate surface area is 156 Å². The third-order valence-corrected chi connectivity index (χ3v) is 5.30. The van der Waals surface area contributed by atoms with Crippen molar-refractivity contribution < 1.29 is 4.79 Å². The molecule has 0 saturated carbocycles. The van der Waals surface area contributed by atoms with Crippen LogP contribution in [-0.4, -0.2) is 49.6 Å². The molecule has 27 heavy (non-hydrogen) atoms. The molecule has 8 nitrogen and oxygen atoms in total. The van der Waals surface area contributed by atoms with Gasteiger partial charge in [0.25, 0.3) is 5.56 Å². The lowest BCUT2D eigenvalue weighted by molar-refractivity contribution is -0.119. The van der Waals surface area contributed by atoms with E-state index in [0.717, 1.165) is 37.3 Å². The number of likely N-dealkylation sites (tertiary alicyclic amines) is 1. The Morgan fingerprint density at radius 3 is 2.93 bits per heavy atom. The van der Waals surface area contributed by atoms with Crippen molar-refractivity contribution in [2.75, 3.05) is 19.6 Å². The number of fused-ring (bicyclic) bond motifs is 3. The first-order chi connectivity index (χ1) is 13.0. The van der Waals surface area contributed by atoms with Gasteiger partial charge in [0.05, 0.1) is 17.4 Å². The van der Waals surface area contributed by atoms with Crippen molar-refractivity contribution in [1.29, 1.82) is 0 Å². The first-order valence-electron chi connectivity index (χ1n) is 9.33. The Morgan fingerprint density at radius 1 is 1.30 bits per heavy atom. The maximum Gasteiger partial charge on any atom is 0.262 e. The molecule has 0 spiro atoms.